The van der Waals surface area contributed by atoms with E-state index in [1.54, 1.807) is 17.8 Å². The first-order valence-corrected chi connectivity index (χ1v) is 18.3. The third kappa shape index (κ3) is 4.72. The molecule has 2 unspecified atom stereocenters. The monoisotopic (exact) mass is 923 g/mol. The number of nitrogens with one attached hydrogen (secondary N) is 1. The maximum absolute atomic E-state index is 14.6. The minimum atomic E-state index is -1.22. The summed E-state index contributed by atoms with van der Waals surface area (Å²) in [6.45, 7) is 7.99. The van der Waals surface area contributed by atoms with Gasteiger partial charge in [0.05, 0.1) is 23.4 Å². The topological polar surface area (TPSA) is 148 Å². The summed E-state index contributed by atoms with van der Waals surface area (Å²) in [6.07, 6.45) is 1.22. The number of likely N-dealkylation sites (N-methyl/N-ethyl adjacent to an activating group) is 1. The van der Waals surface area contributed by atoms with Crippen LogP contribution in [0.1, 0.15) is 73.0 Å². The SMILES string of the molecule is Cc1cc2c(cc1O)CCN[C@]21CS[C@@H]2c3c(O)c(C)c4c(c3[C@@H](COC1=O)N1C(C#N)[C@H]3Cc5cc(C)c(C)c(O)c5[C@H](C21)N3C)OCO4.[Ac]. The zero-order chi connectivity index (χ0) is 35.0. The van der Waals surface area contributed by atoms with Gasteiger partial charge in [-0.1, -0.05) is 6.07 Å². The largest absolute Gasteiger partial charge is 0.508 e. The molecule has 7 aliphatic heterocycles. The van der Waals surface area contributed by atoms with Gasteiger partial charge in [-0.2, -0.15) is 5.26 Å². The van der Waals surface area contributed by atoms with Crippen molar-refractivity contribution in [2.75, 3.05) is 32.7 Å². The van der Waals surface area contributed by atoms with Gasteiger partial charge in [0.1, 0.15) is 29.9 Å². The van der Waals surface area contributed by atoms with Crippen LogP contribution >= 0.6 is 11.8 Å². The second-order valence-electron chi connectivity index (χ2n) is 14.7. The molecule has 51 heavy (non-hydrogen) atoms. The number of hydrogen-bond donors (Lipinski definition) is 4. The summed E-state index contributed by atoms with van der Waals surface area (Å²) in [7, 11) is 2.03. The van der Waals surface area contributed by atoms with Crippen LogP contribution in [0.15, 0.2) is 18.2 Å². The van der Waals surface area contributed by atoms with Gasteiger partial charge in [-0.05, 0) is 93.1 Å². The fraction of sp³-hybridized carbons (Fsp3) is 0.474. The molecule has 7 aliphatic rings. The van der Waals surface area contributed by atoms with Gasteiger partial charge in [-0.25, -0.2) is 4.79 Å². The van der Waals surface area contributed by atoms with E-state index in [2.05, 4.69) is 27.3 Å². The summed E-state index contributed by atoms with van der Waals surface area (Å²) in [5, 5.41) is 48.7. The number of fused-ring (bicyclic) bond motifs is 9. The quantitative estimate of drug-likeness (QED) is 0.238. The van der Waals surface area contributed by atoms with Crippen LogP contribution in [0, 0.1) is 83.1 Å². The Morgan fingerprint density at radius 1 is 0.961 bits per heavy atom. The molecule has 2 fully saturated rings. The van der Waals surface area contributed by atoms with Gasteiger partial charge in [0.25, 0.3) is 0 Å². The number of aromatic hydroxyl groups is 3. The molecular formula is C38H40AcN4O7S. The molecule has 10 rings (SSSR count). The van der Waals surface area contributed by atoms with E-state index in [9.17, 15) is 25.4 Å². The van der Waals surface area contributed by atoms with Gasteiger partial charge < -0.3 is 29.5 Å². The summed E-state index contributed by atoms with van der Waals surface area (Å²) in [5.74, 6) is 1.34. The number of carbonyl (C=O) groups excluding carboxylic acids is 1. The van der Waals surface area contributed by atoms with Crippen molar-refractivity contribution >= 4 is 17.7 Å². The molecule has 2 saturated heterocycles. The van der Waals surface area contributed by atoms with E-state index in [0.29, 0.717) is 53.1 Å². The van der Waals surface area contributed by atoms with Crippen LogP contribution in [-0.4, -0.2) is 82.0 Å². The fourth-order valence-corrected chi connectivity index (χ4v) is 11.5. The number of thioether (sulfide) groups is 1. The third-order valence-electron chi connectivity index (χ3n) is 12.4. The zero-order valence-corrected chi connectivity index (χ0v) is 34.8. The Kier molecular flexibility index (Phi) is 8.61. The van der Waals surface area contributed by atoms with Crippen LogP contribution in [-0.2, 0) is 27.9 Å². The molecule has 0 aliphatic carbocycles. The molecule has 3 aromatic rings. The zero-order valence-electron chi connectivity index (χ0n) is 29.2. The molecule has 1 radical (unpaired) electrons. The van der Waals surface area contributed by atoms with E-state index in [1.165, 1.54) is 0 Å². The number of rotatable bonds is 0. The number of hydrogen-bond acceptors (Lipinski definition) is 12. The van der Waals surface area contributed by atoms with Crippen LogP contribution in [0.3, 0.4) is 0 Å². The number of benzene rings is 3. The van der Waals surface area contributed by atoms with Crippen LogP contribution in [0.5, 0.6) is 28.7 Å². The predicted octanol–water partition coefficient (Wildman–Crippen LogP) is 4.37. The van der Waals surface area contributed by atoms with Crippen LogP contribution in [0.25, 0.3) is 0 Å². The minimum absolute atomic E-state index is 0. The Bertz CT molecular complexity index is 2070. The van der Waals surface area contributed by atoms with Crippen molar-refractivity contribution in [3.05, 3.63) is 73.8 Å². The number of piperazine rings is 1. The Balaban J connectivity index is 0.00000374. The van der Waals surface area contributed by atoms with Crippen LogP contribution in [0.2, 0.25) is 0 Å². The molecule has 0 amide bonds. The van der Waals surface area contributed by atoms with Crippen LogP contribution < -0.4 is 14.8 Å². The Morgan fingerprint density at radius 2 is 1.71 bits per heavy atom. The van der Waals surface area contributed by atoms with Gasteiger partial charge >= 0.3 is 5.97 Å². The second kappa shape index (κ2) is 12.4. The number of nitriles is 1. The molecule has 1 spiro atoms. The number of esters is 1. The first kappa shape index (κ1) is 35.3. The Hall–Kier alpha value is -2.71. The van der Waals surface area contributed by atoms with Gasteiger partial charge in [0, 0.05) is 90.7 Å². The van der Waals surface area contributed by atoms with E-state index in [-0.39, 0.29) is 92.5 Å². The van der Waals surface area contributed by atoms with Crippen LogP contribution in [0.4, 0.5) is 0 Å². The Labute approximate surface area is 336 Å². The average Bonchev–Trinajstić information content (AvgIpc) is 3.59. The number of ether oxygens (including phenoxy) is 3. The van der Waals surface area contributed by atoms with Crippen molar-refractivity contribution in [2.24, 2.45) is 0 Å². The number of phenols is 3. The fourth-order valence-electron chi connectivity index (χ4n) is 9.75. The number of aryl methyl sites for hydroxylation is 2. The summed E-state index contributed by atoms with van der Waals surface area (Å²) < 4.78 is 18.5. The van der Waals surface area contributed by atoms with E-state index in [0.717, 1.165) is 33.4 Å². The molecule has 7 atom stereocenters. The first-order valence-electron chi connectivity index (χ1n) is 17.2. The molecule has 0 saturated carbocycles. The van der Waals surface area contributed by atoms with Gasteiger partial charge in [-0.3, -0.25) is 15.1 Å². The van der Waals surface area contributed by atoms with Gasteiger partial charge in [0.2, 0.25) is 6.79 Å². The maximum atomic E-state index is 14.6. The number of phenolic OH excluding ortho intramolecular Hbond substituents is 3. The second-order valence-corrected chi connectivity index (χ2v) is 15.9. The molecule has 3 aromatic carbocycles. The predicted molar refractivity (Wildman–Crippen MR) is 185 cm³/mol. The number of carbonyl (C=O) groups is 1. The number of nitrogens with zero attached hydrogens (tertiary/aromatic N) is 3. The summed E-state index contributed by atoms with van der Waals surface area (Å²) in [6, 6.07) is 6.21. The molecule has 4 N–H and O–H groups in total. The maximum Gasteiger partial charge on any atom is 0.331 e. The summed E-state index contributed by atoms with van der Waals surface area (Å²) in [4.78, 5) is 19.0. The van der Waals surface area contributed by atoms with Gasteiger partial charge in [-0.15, -0.1) is 11.8 Å². The first-order chi connectivity index (χ1) is 24.0. The molecule has 0 aromatic heterocycles. The van der Waals surface area contributed by atoms with Crippen molar-refractivity contribution in [3.8, 4) is 34.8 Å². The van der Waals surface area contributed by atoms with E-state index in [4.69, 9.17) is 14.2 Å². The van der Waals surface area contributed by atoms with Crippen molar-refractivity contribution in [1.82, 2.24) is 15.1 Å². The Morgan fingerprint density at radius 3 is 2.47 bits per heavy atom. The normalized spacial score (nSPS) is 30.3. The molecule has 11 nitrogen and oxygen atoms in total. The van der Waals surface area contributed by atoms with Crippen molar-refractivity contribution in [1.29, 1.82) is 5.26 Å². The van der Waals surface area contributed by atoms with E-state index >= 15 is 0 Å². The van der Waals surface area contributed by atoms with Gasteiger partial charge in [0.15, 0.2) is 17.0 Å². The van der Waals surface area contributed by atoms with Crippen molar-refractivity contribution in [3.63, 3.8) is 0 Å². The van der Waals surface area contributed by atoms with E-state index in [1.807, 2.05) is 40.8 Å². The average molecular weight is 924 g/mol. The molecule has 7 heterocycles. The third-order valence-corrected chi connectivity index (χ3v) is 13.9. The molecular weight excluding hydrogens is 884 g/mol. The van der Waals surface area contributed by atoms with E-state index < -0.39 is 34.9 Å². The standard InChI is InChI=1S/C38H40N4O7S.Ac/c1-16-8-21-10-23-24(12-39)42-25-13-47-37(46)38(22-9-17(2)26(43)11-20(22)6-7-40-38)14-50-36(31(42)30(41(23)5)27(21)32(44)18(16)3)29-28(25)35-34(48-15-49-35)19(4)33(29)45;/h8-9,11,23-25,30-31,36,40,43-45H,6-7,10,13-15H2,1-5H3;/t23-,24?,25-,30-,31?,36-,38-;/m1./s1. The molecule has 4 bridgehead atoms. The summed E-state index contributed by atoms with van der Waals surface area (Å²) in [5.41, 5.74) is 6.74. The van der Waals surface area contributed by atoms with Crippen molar-refractivity contribution < 1.29 is 78.4 Å². The molecule has 263 valence electrons. The smallest absolute Gasteiger partial charge is 0.331 e. The molecule has 13 heteroatoms. The minimum Gasteiger partial charge on any atom is -0.508 e. The summed E-state index contributed by atoms with van der Waals surface area (Å²) >= 11 is 1.54. The van der Waals surface area contributed by atoms with Crippen molar-refractivity contribution in [2.45, 2.75) is 81.5 Å².